The van der Waals surface area contributed by atoms with Crippen LogP contribution < -0.4 is 11.1 Å². The van der Waals surface area contributed by atoms with Crippen molar-refractivity contribution >= 4 is 45.1 Å². The van der Waals surface area contributed by atoms with Crippen LogP contribution in [-0.4, -0.2) is 23.0 Å². The lowest BCUT2D eigenvalue weighted by Crippen LogP contribution is -2.33. The highest BCUT2D eigenvalue weighted by Crippen LogP contribution is 2.26. The van der Waals surface area contributed by atoms with Crippen molar-refractivity contribution in [3.05, 3.63) is 27.7 Å². The van der Waals surface area contributed by atoms with E-state index in [-0.39, 0.29) is 6.42 Å². The number of anilines is 1. The van der Waals surface area contributed by atoms with Gasteiger partial charge in [0.15, 0.2) is 0 Å². The number of amides is 1. The number of aliphatic carboxylic acids is 1. The van der Waals surface area contributed by atoms with Gasteiger partial charge in [0, 0.05) is 10.2 Å². The monoisotopic (exact) mass is 320 g/mol. The van der Waals surface area contributed by atoms with Crippen LogP contribution in [-0.2, 0) is 9.59 Å². The Morgan fingerprint density at radius 3 is 2.65 bits per heavy atom. The summed E-state index contributed by atoms with van der Waals surface area (Å²) in [5.74, 6) is -1.83. The Kier molecular flexibility index (Phi) is 4.77. The number of rotatable bonds is 5. The molecule has 1 atom stereocenters. The number of benzene rings is 1. The quantitative estimate of drug-likeness (QED) is 0.771. The summed E-state index contributed by atoms with van der Waals surface area (Å²) in [5.41, 5.74) is 5.50. The van der Waals surface area contributed by atoms with E-state index >= 15 is 0 Å². The molecule has 0 saturated carbocycles. The minimum Gasteiger partial charge on any atom is -0.480 e. The van der Waals surface area contributed by atoms with Gasteiger partial charge in [-0.15, -0.1) is 0 Å². The third-order valence-corrected chi connectivity index (χ3v) is 3.18. The Morgan fingerprint density at radius 1 is 1.53 bits per heavy atom. The molecule has 1 unspecified atom stereocenters. The Labute approximate surface area is 111 Å². The SMILES string of the molecule is NC(=O)CC(Nc1ccc(Cl)c(Br)c1)C(=O)O. The summed E-state index contributed by atoms with van der Waals surface area (Å²) in [5, 5.41) is 12.1. The molecule has 5 nitrogen and oxygen atoms in total. The van der Waals surface area contributed by atoms with E-state index in [4.69, 9.17) is 22.4 Å². The molecular formula is C10H10BrClN2O3. The molecule has 7 heteroatoms. The van der Waals surface area contributed by atoms with Gasteiger partial charge in [-0.1, -0.05) is 11.6 Å². The molecule has 17 heavy (non-hydrogen) atoms. The number of hydrogen-bond donors (Lipinski definition) is 3. The number of carboxylic acids is 1. The van der Waals surface area contributed by atoms with Gasteiger partial charge in [0.2, 0.25) is 5.91 Å². The minimum atomic E-state index is -1.14. The number of primary amides is 1. The first-order valence-electron chi connectivity index (χ1n) is 4.63. The van der Waals surface area contributed by atoms with Gasteiger partial charge in [-0.25, -0.2) is 4.79 Å². The first-order valence-corrected chi connectivity index (χ1v) is 5.80. The van der Waals surface area contributed by atoms with Crippen molar-refractivity contribution in [2.45, 2.75) is 12.5 Å². The number of carbonyl (C=O) groups is 2. The molecule has 0 radical (unpaired) electrons. The minimum absolute atomic E-state index is 0.282. The van der Waals surface area contributed by atoms with Crippen molar-refractivity contribution in [3.8, 4) is 0 Å². The molecule has 0 saturated heterocycles. The molecule has 1 aromatic carbocycles. The first-order chi connectivity index (χ1) is 7.90. The van der Waals surface area contributed by atoms with Crippen LogP contribution >= 0.6 is 27.5 Å². The van der Waals surface area contributed by atoms with Gasteiger partial charge in [0.1, 0.15) is 6.04 Å². The highest BCUT2D eigenvalue weighted by molar-refractivity contribution is 9.10. The third-order valence-electron chi connectivity index (χ3n) is 1.96. The Hall–Kier alpha value is -1.27. The average Bonchev–Trinajstić information content (AvgIpc) is 2.21. The molecule has 0 aromatic heterocycles. The molecule has 92 valence electrons. The van der Waals surface area contributed by atoms with E-state index in [1.54, 1.807) is 18.2 Å². The number of carboxylic acid groups (broad SMARTS) is 1. The number of nitrogens with two attached hydrogens (primary N) is 1. The maximum absolute atomic E-state index is 10.9. The zero-order valence-electron chi connectivity index (χ0n) is 8.61. The van der Waals surface area contributed by atoms with Gasteiger partial charge in [-0.05, 0) is 34.1 Å². The summed E-state index contributed by atoms with van der Waals surface area (Å²) < 4.78 is 0.632. The topological polar surface area (TPSA) is 92.4 Å². The molecule has 0 fully saturated rings. The molecule has 1 aromatic rings. The van der Waals surface area contributed by atoms with E-state index in [0.29, 0.717) is 15.2 Å². The maximum Gasteiger partial charge on any atom is 0.326 e. The summed E-state index contributed by atoms with van der Waals surface area (Å²) in [4.78, 5) is 21.6. The van der Waals surface area contributed by atoms with Crippen LogP contribution in [0.4, 0.5) is 5.69 Å². The van der Waals surface area contributed by atoms with E-state index in [9.17, 15) is 9.59 Å². The van der Waals surface area contributed by atoms with Crippen LogP contribution in [0.1, 0.15) is 6.42 Å². The highest BCUT2D eigenvalue weighted by Gasteiger charge is 2.19. The van der Waals surface area contributed by atoms with E-state index in [1.165, 1.54) is 0 Å². The summed E-state index contributed by atoms with van der Waals surface area (Å²) in [7, 11) is 0. The second kappa shape index (κ2) is 5.88. The molecule has 1 amide bonds. The molecule has 0 aliphatic heterocycles. The highest BCUT2D eigenvalue weighted by atomic mass is 79.9. The molecular weight excluding hydrogens is 311 g/mol. The zero-order chi connectivity index (χ0) is 13.0. The van der Waals surface area contributed by atoms with Gasteiger partial charge in [-0.3, -0.25) is 4.79 Å². The van der Waals surface area contributed by atoms with E-state index < -0.39 is 17.9 Å². The fourth-order valence-electron chi connectivity index (χ4n) is 1.19. The van der Waals surface area contributed by atoms with E-state index in [0.717, 1.165) is 0 Å². The molecule has 0 aliphatic rings. The van der Waals surface area contributed by atoms with Gasteiger partial charge >= 0.3 is 5.97 Å². The lowest BCUT2D eigenvalue weighted by molar-refractivity contribution is -0.139. The van der Waals surface area contributed by atoms with Gasteiger partial charge in [0.25, 0.3) is 0 Å². The van der Waals surface area contributed by atoms with Crippen molar-refractivity contribution in [1.82, 2.24) is 0 Å². The van der Waals surface area contributed by atoms with E-state index in [1.807, 2.05) is 0 Å². The number of nitrogens with one attached hydrogen (secondary N) is 1. The predicted molar refractivity (Wildman–Crippen MR) is 68.0 cm³/mol. The smallest absolute Gasteiger partial charge is 0.326 e. The number of halogens is 2. The standard InChI is InChI=1S/C10H10BrClN2O3/c11-6-3-5(1-2-7(6)12)14-8(10(16)17)4-9(13)15/h1-3,8,14H,4H2,(H2,13,15)(H,16,17). The fraction of sp³-hybridized carbons (Fsp3) is 0.200. The Morgan fingerprint density at radius 2 is 2.18 bits per heavy atom. The fourth-order valence-corrected chi connectivity index (χ4v) is 1.68. The van der Waals surface area contributed by atoms with Crippen molar-refractivity contribution in [2.75, 3.05) is 5.32 Å². The normalized spacial score (nSPS) is 11.9. The summed E-state index contributed by atoms with van der Waals surface area (Å²) >= 11 is 9.01. The van der Waals surface area contributed by atoms with Crippen molar-refractivity contribution in [1.29, 1.82) is 0 Å². The van der Waals surface area contributed by atoms with Crippen LogP contribution in [0.25, 0.3) is 0 Å². The predicted octanol–water partition coefficient (Wildman–Crippen LogP) is 1.84. The van der Waals surface area contributed by atoms with Crippen LogP contribution in [0.5, 0.6) is 0 Å². The van der Waals surface area contributed by atoms with Crippen molar-refractivity contribution in [3.63, 3.8) is 0 Å². The molecule has 4 N–H and O–H groups in total. The second-order valence-corrected chi connectivity index (χ2v) is 4.60. The first kappa shape index (κ1) is 13.8. The molecule has 0 spiro atoms. The second-order valence-electron chi connectivity index (χ2n) is 3.33. The summed E-state index contributed by atoms with van der Waals surface area (Å²) in [6, 6.07) is 3.79. The van der Waals surface area contributed by atoms with E-state index in [2.05, 4.69) is 21.2 Å². The maximum atomic E-state index is 10.9. The van der Waals surface area contributed by atoms with Gasteiger partial charge in [0.05, 0.1) is 11.4 Å². The lowest BCUT2D eigenvalue weighted by atomic mass is 10.2. The van der Waals surface area contributed by atoms with Crippen LogP contribution in [0.3, 0.4) is 0 Å². The molecule has 1 rings (SSSR count). The number of carbonyl (C=O) groups excluding carboxylic acids is 1. The molecule has 0 aliphatic carbocycles. The third kappa shape index (κ3) is 4.24. The Balaban J connectivity index is 2.82. The molecule has 0 bridgehead atoms. The zero-order valence-corrected chi connectivity index (χ0v) is 11.0. The Bertz CT molecular complexity index is 453. The molecule has 0 heterocycles. The largest absolute Gasteiger partial charge is 0.480 e. The number of hydrogen-bond acceptors (Lipinski definition) is 3. The van der Waals surface area contributed by atoms with Crippen molar-refractivity contribution < 1.29 is 14.7 Å². The lowest BCUT2D eigenvalue weighted by Gasteiger charge is -2.14. The van der Waals surface area contributed by atoms with Crippen LogP contribution in [0.2, 0.25) is 5.02 Å². The average molecular weight is 322 g/mol. The van der Waals surface area contributed by atoms with Crippen LogP contribution in [0.15, 0.2) is 22.7 Å². The van der Waals surface area contributed by atoms with Gasteiger partial charge in [-0.2, -0.15) is 0 Å². The van der Waals surface area contributed by atoms with Crippen LogP contribution in [0, 0.1) is 0 Å². The summed E-state index contributed by atoms with van der Waals surface area (Å²) in [6.07, 6.45) is -0.282. The van der Waals surface area contributed by atoms with Crippen molar-refractivity contribution in [2.24, 2.45) is 5.73 Å². The summed E-state index contributed by atoms with van der Waals surface area (Å²) in [6.45, 7) is 0. The van der Waals surface area contributed by atoms with Gasteiger partial charge < -0.3 is 16.2 Å².